The molecule has 1 heterocycles. The predicted octanol–water partition coefficient (Wildman–Crippen LogP) is 3.30. The second-order valence-electron chi connectivity index (χ2n) is 5.72. The van der Waals surface area contributed by atoms with E-state index in [0.29, 0.717) is 23.3 Å². The van der Waals surface area contributed by atoms with Gasteiger partial charge >= 0.3 is 0 Å². The van der Waals surface area contributed by atoms with Crippen LogP contribution in [0.3, 0.4) is 0 Å². The predicted molar refractivity (Wildman–Crippen MR) is 82.1 cm³/mol. The molecule has 114 valence electrons. The molecule has 0 bridgehead atoms. The summed E-state index contributed by atoms with van der Waals surface area (Å²) in [5.74, 6) is 0.813. The zero-order valence-corrected chi connectivity index (χ0v) is 13.4. The summed E-state index contributed by atoms with van der Waals surface area (Å²) in [6.07, 6.45) is 0.0924. The van der Waals surface area contributed by atoms with E-state index >= 15 is 0 Å². The van der Waals surface area contributed by atoms with Crippen molar-refractivity contribution in [3.63, 3.8) is 0 Å². The highest BCUT2D eigenvalue weighted by Gasteiger charge is 2.28. The van der Waals surface area contributed by atoms with Crippen molar-refractivity contribution in [1.82, 2.24) is 10.1 Å². The molecule has 2 aromatic rings. The van der Waals surface area contributed by atoms with Gasteiger partial charge in [0.1, 0.15) is 5.54 Å². The third kappa shape index (κ3) is 4.03. The van der Waals surface area contributed by atoms with Gasteiger partial charge in [-0.25, -0.2) is 0 Å². The van der Waals surface area contributed by atoms with Gasteiger partial charge in [0.15, 0.2) is 5.82 Å². The van der Waals surface area contributed by atoms with Gasteiger partial charge in [0.05, 0.1) is 12.7 Å². The number of benzene rings is 1. The van der Waals surface area contributed by atoms with Crippen LogP contribution < -0.4 is 5.73 Å². The fraction of sp³-hybridized carbons (Fsp3) is 0.467. The zero-order valence-electron chi connectivity index (χ0n) is 12.7. The first-order valence-corrected chi connectivity index (χ1v) is 7.18. The van der Waals surface area contributed by atoms with Crippen LogP contribution in [0.5, 0.6) is 0 Å². The van der Waals surface area contributed by atoms with Gasteiger partial charge in [0.2, 0.25) is 0 Å². The highest BCUT2D eigenvalue weighted by atomic mass is 35.5. The minimum absolute atomic E-state index is 0.0924. The molecule has 2 rings (SSSR count). The largest absolute Gasteiger partial charge is 0.376 e. The molecule has 0 saturated carbocycles. The summed E-state index contributed by atoms with van der Waals surface area (Å²) in [7, 11) is 0. The number of aromatic nitrogens is 2. The van der Waals surface area contributed by atoms with Crippen molar-refractivity contribution in [2.75, 3.05) is 6.61 Å². The van der Waals surface area contributed by atoms with Crippen LogP contribution in [0, 0.1) is 6.92 Å². The Morgan fingerprint density at radius 1 is 1.38 bits per heavy atom. The second kappa shape index (κ2) is 6.13. The average Bonchev–Trinajstić information content (AvgIpc) is 2.85. The summed E-state index contributed by atoms with van der Waals surface area (Å²) >= 11 is 6.05. The van der Waals surface area contributed by atoms with Gasteiger partial charge in [-0.15, -0.1) is 0 Å². The van der Waals surface area contributed by atoms with Crippen LogP contribution in [0.25, 0.3) is 11.5 Å². The van der Waals surface area contributed by atoms with Crippen molar-refractivity contribution in [1.29, 1.82) is 0 Å². The van der Waals surface area contributed by atoms with E-state index in [-0.39, 0.29) is 6.10 Å². The van der Waals surface area contributed by atoms with E-state index in [9.17, 15) is 0 Å². The Labute approximate surface area is 129 Å². The van der Waals surface area contributed by atoms with Crippen LogP contribution in [0.15, 0.2) is 22.7 Å². The van der Waals surface area contributed by atoms with E-state index in [0.717, 1.165) is 11.1 Å². The molecule has 0 spiro atoms. The third-order valence-corrected chi connectivity index (χ3v) is 3.16. The quantitative estimate of drug-likeness (QED) is 0.917. The minimum Gasteiger partial charge on any atom is -0.376 e. The molecule has 0 saturated heterocycles. The third-order valence-electron chi connectivity index (χ3n) is 2.94. The molecule has 0 fully saturated rings. The van der Waals surface area contributed by atoms with Crippen molar-refractivity contribution in [2.24, 2.45) is 5.73 Å². The number of aryl methyl sites for hydroxylation is 1. The van der Waals surface area contributed by atoms with Crippen LogP contribution in [0.1, 0.15) is 32.2 Å². The summed E-state index contributed by atoms with van der Waals surface area (Å²) in [6, 6.07) is 5.58. The lowest BCUT2D eigenvalue weighted by atomic mass is 10.1. The summed E-state index contributed by atoms with van der Waals surface area (Å²) in [6.45, 7) is 7.99. The van der Waals surface area contributed by atoms with E-state index in [1.54, 1.807) is 6.07 Å². The van der Waals surface area contributed by atoms with Gasteiger partial charge in [-0.3, -0.25) is 0 Å². The topological polar surface area (TPSA) is 74.2 Å². The molecule has 0 aliphatic rings. The first kappa shape index (κ1) is 15.9. The van der Waals surface area contributed by atoms with Crippen molar-refractivity contribution in [3.05, 3.63) is 34.6 Å². The molecule has 6 heteroatoms. The Bertz CT molecular complexity index is 603. The Kier molecular flexibility index (Phi) is 4.66. The average molecular weight is 310 g/mol. The monoisotopic (exact) mass is 309 g/mol. The van der Waals surface area contributed by atoms with Gasteiger partial charge in [-0.1, -0.05) is 16.8 Å². The number of hydrogen-bond acceptors (Lipinski definition) is 5. The maximum absolute atomic E-state index is 6.20. The number of hydrogen-bond donors (Lipinski definition) is 1. The standard InChI is InChI=1S/C15H20ClN3O2/c1-9(2)20-8-15(4,17)14-18-13(21-19-14)11-5-10(3)6-12(16)7-11/h5-7,9H,8,17H2,1-4H3. The number of nitrogens with two attached hydrogens (primary N) is 1. The number of nitrogens with zero attached hydrogens (tertiary/aromatic N) is 2. The van der Waals surface area contributed by atoms with Gasteiger partial charge in [-0.05, 0) is 51.5 Å². The molecule has 5 nitrogen and oxygen atoms in total. The minimum atomic E-state index is -0.806. The van der Waals surface area contributed by atoms with Gasteiger partial charge < -0.3 is 15.0 Å². The Hall–Kier alpha value is -1.43. The van der Waals surface area contributed by atoms with Crippen molar-refractivity contribution >= 4 is 11.6 Å². The van der Waals surface area contributed by atoms with E-state index in [4.69, 9.17) is 26.6 Å². The number of halogens is 1. The summed E-state index contributed by atoms with van der Waals surface area (Å²) in [5.41, 5.74) is 7.20. The summed E-state index contributed by atoms with van der Waals surface area (Å²) < 4.78 is 10.8. The van der Waals surface area contributed by atoms with Gasteiger partial charge in [0.25, 0.3) is 5.89 Å². The van der Waals surface area contributed by atoms with Crippen molar-refractivity contribution < 1.29 is 9.26 Å². The zero-order chi connectivity index (χ0) is 15.6. The normalized spacial score (nSPS) is 14.4. The lowest BCUT2D eigenvalue weighted by Gasteiger charge is -2.21. The highest BCUT2D eigenvalue weighted by Crippen LogP contribution is 2.25. The lowest BCUT2D eigenvalue weighted by Crippen LogP contribution is -2.40. The van der Waals surface area contributed by atoms with Crippen LogP contribution in [0.2, 0.25) is 5.02 Å². The SMILES string of the molecule is Cc1cc(Cl)cc(-c2nc(C(C)(N)COC(C)C)no2)c1. The molecule has 1 aromatic carbocycles. The van der Waals surface area contributed by atoms with Crippen LogP contribution in [-0.2, 0) is 10.3 Å². The first-order chi connectivity index (χ1) is 9.78. The van der Waals surface area contributed by atoms with Crippen LogP contribution >= 0.6 is 11.6 Å². The molecule has 0 radical (unpaired) electrons. The number of ether oxygens (including phenoxy) is 1. The Morgan fingerprint density at radius 2 is 2.10 bits per heavy atom. The molecule has 2 N–H and O–H groups in total. The molecular weight excluding hydrogens is 290 g/mol. The van der Waals surface area contributed by atoms with E-state index in [1.165, 1.54) is 0 Å². The van der Waals surface area contributed by atoms with Gasteiger partial charge in [0, 0.05) is 10.6 Å². The Balaban J connectivity index is 2.24. The molecular formula is C15H20ClN3O2. The van der Waals surface area contributed by atoms with Gasteiger partial charge in [-0.2, -0.15) is 4.98 Å². The second-order valence-corrected chi connectivity index (χ2v) is 6.15. The molecule has 0 aliphatic heterocycles. The fourth-order valence-corrected chi connectivity index (χ4v) is 2.13. The maximum Gasteiger partial charge on any atom is 0.258 e. The van der Waals surface area contributed by atoms with Crippen LogP contribution in [0.4, 0.5) is 0 Å². The van der Waals surface area contributed by atoms with Crippen molar-refractivity contribution in [3.8, 4) is 11.5 Å². The molecule has 21 heavy (non-hydrogen) atoms. The summed E-state index contributed by atoms with van der Waals surface area (Å²) in [5, 5.41) is 4.60. The summed E-state index contributed by atoms with van der Waals surface area (Å²) in [4.78, 5) is 4.37. The molecule has 0 amide bonds. The smallest absolute Gasteiger partial charge is 0.258 e. The number of rotatable bonds is 5. The maximum atomic E-state index is 6.20. The molecule has 0 aliphatic carbocycles. The Morgan fingerprint density at radius 3 is 2.71 bits per heavy atom. The van der Waals surface area contributed by atoms with Crippen molar-refractivity contribution in [2.45, 2.75) is 39.3 Å². The fourth-order valence-electron chi connectivity index (χ4n) is 1.84. The first-order valence-electron chi connectivity index (χ1n) is 6.80. The van der Waals surface area contributed by atoms with E-state index in [2.05, 4.69) is 10.1 Å². The highest BCUT2D eigenvalue weighted by molar-refractivity contribution is 6.30. The lowest BCUT2D eigenvalue weighted by molar-refractivity contribution is 0.0410. The molecule has 1 aromatic heterocycles. The molecule has 1 unspecified atom stereocenters. The van der Waals surface area contributed by atoms with E-state index in [1.807, 2.05) is 39.8 Å². The van der Waals surface area contributed by atoms with E-state index < -0.39 is 5.54 Å². The molecule has 1 atom stereocenters. The van der Waals surface area contributed by atoms with Crippen LogP contribution in [-0.4, -0.2) is 22.9 Å².